The van der Waals surface area contributed by atoms with Gasteiger partial charge in [0.25, 0.3) is 0 Å². The van der Waals surface area contributed by atoms with Crippen LogP contribution >= 0.6 is 0 Å². The maximum atomic E-state index is 5.58. The van der Waals surface area contributed by atoms with Crippen molar-refractivity contribution in [2.75, 3.05) is 0 Å². The van der Waals surface area contributed by atoms with Crippen molar-refractivity contribution >= 4 is 0 Å². The fraction of sp³-hybridized carbons (Fsp3) is 0.600. The molecule has 108 valence electrons. The molecule has 0 aromatic carbocycles. The lowest BCUT2D eigenvalue weighted by Gasteiger charge is -2.14. The largest absolute Gasteiger partial charge is 0.465 e. The molecule has 0 spiro atoms. The molecule has 0 fully saturated rings. The summed E-state index contributed by atoms with van der Waals surface area (Å²) in [5.74, 6) is 4.10. The van der Waals surface area contributed by atoms with Gasteiger partial charge in [-0.1, -0.05) is 6.42 Å². The Morgan fingerprint density at radius 1 is 1.30 bits per heavy atom. The monoisotopic (exact) mass is 274 g/mol. The van der Waals surface area contributed by atoms with Crippen molar-refractivity contribution in [3.8, 4) is 0 Å². The van der Waals surface area contributed by atoms with Gasteiger partial charge in [0.05, 0.1) is 12.6 Å². The standard InChI is InChI=1S/C15H22N4O/c1-11-7-8-13(20-11)10-16-12(2)15-18-17-14-6-4-3-5-9-19(14)15/h7-8,12,16H,3-6,9-10H2,1-2H3. The number of aryl methyl sites for hydroxylation is 2. The molecule has 0 aliphatic carbocycles. The molecule has 0 amide bonds. The lowest BCUT2D eigenvalue weighted by molar-refractivity contribution is 0.430. The zero-order chi connectivity index (χ0) is 13.9. The van der Waals surface area contributed by atoms with Crippen molar-refractivity contribution < 1.29 is 4.42 Å². The van der Waals surface area contributed by atoms with E-state index >= 15 is 0 Å². The summed E-state index contributed by atoms with van der Waals surface area (Å²) in [6.45, 7) is 5.87. The van der Waals surface area contributed by atoms with Gasteiger partial charge in [-0.15, -0.1) is 10.2 Å². The Labute approximate surface area is 119 Å². The zero-order valence-corrected chi connectivity index (χ0v) is 12.2. The molecule has 2 aromatic heterocycles. The Morgan fingerprint density at radius 2 is 2.20 bits per heavy atom. The van der Waals surface area contributed by atoms with Crippen LogP contribution in [0.25, 0.3) is 0 Å². The minimum atomic E-state index is 0.180. The Morgan fingerprint density at radius 3 is 3.00 bits per heavy atom. The first-order valence-corrected chi connectivity index (χ1v) is 7.44. The van der Waals surface area contributed by atoms with Crippen LogP contribution in [0.2, 0.25) is 0 Å². The van der Waals surface area contributed by atoms with Crippen LogP contribution < -0.4 is 5.32 Å². The van der Waals surface area contributed by atoms with Crippen molar-refractivity contribution in [3.63, 3.8) is 0 Å². The molecule has 2 aromatic rings. The summed E-state index contributed by atoms with van der Waals surface area (Å²) in [6.07, 6.45) is 4.79. The smallest absolute Gasteiger partial charge is 0.149 e. The van der Waals surface area contributed by atoms with Crippen molar-refractivity contribution in [2.45, 2.75) is 58.7 Å². The molecule has 0 saturated carbocycles. The van der Waals surface area contributed by atoms with Crippen molar-refractivity contribution in [3.05, 3.63) is 35.3 Å². The lowest BCUT2D eigenvalue weighted by Crippen LogP contribution is -2.22. The molecule has 5 nitrogen and oxygen atoms in total. The minimum absolute atomic E-state index is 0.180. The summed E-state index contributed by atoms with van der Waals surface area (Å²) >= 11 is 0. The number of rotatable bonds is 4. The molecule has 3 rings (SSSR count). The van der Waals surface area contributed by atoms with Crippen LogP contribution in [0.15, 0.2) is 16.5 Å². The summed E-state index contributed by atoms with van der Waals surface area (Å²) in [6, 6.07) is 4.18. The zero-order valence-electron chi connectivity index (χ0n) is 12.2. The van der Waals surface area contributed by atoms with Crippen molar-refractivity contribution in [2.24, 2.45) is 0 Å². The van der Waals surface area contributed by atoms with E-state index < -0.39 is 0 Å². The van der Waals surface area contributed by atoms with E-state index in [1.807, 2.05) is 19.1 Å². The maximum Gasteiger partial charge on any atom is 0.149 e. The van der Waals surface area contributed by atoms with Gasteiger partial charge < -0.3 is 14.3 Å². The number of hydrogen-bond acceptors (Lipinski definition) is 4. The van der Waals surface area contributed by atoms with E-state index in [0.29, 0.717) is 0 Å². The van der Waals surface area contributed by atoms with E-state index in [2.05, 4.69) is 27.0 Å². The first-order valence-electron chi connectivity index (χ1n) is 7.44. The van der Waals surface area contributed by atoms with E-state index in [1.165, 1.54) is 19.3 Å². The quantitative estimate of drug-likeness (QED) is 0.931. The molecule has 0 radical (unpaired) electrons. The first kappa shape index (κ1) is 13.4. The van der Waals surface area contributed by atoms with Crippen LogP contribution in [0.1, 0.15) is 55.4 Å². The highest BCUT2D eigenvalue weighted by molar-refractivity contribution is 5.06. The first-order chi connectivity index (χ1) is 9.74. The third-order valence-electron chi connectivity index (χ3n) is 3.90. The average molecular weight is 274 g/mol. The Kier molecular flexibility index (Phi) is 3.87. The fourth-order valence-corrected chi connectivity index (χ4v) is 2.75. The topological polar surface area (TPSA) is 55.9 Å². The van der Waals surface area contributed by atoms with Crippen LogP contribution in [-0.4, -0.2) is 14.8 Å². The maximum absolute atomic E-state index is 5.58. The van der Waals surface area contributed by atoms with Crippen LogP contribution in [-0.2, 0) is 19.5 Å². The lowest BCUT2D eigenvalue weighted by atomic mass is 10.2. The number of nitrogens with one attached hydrogen (secondary N) is 1. The molecule has 1 unspecified atom stereocenters. The molecule has 1 atom stereocenters. The molecule has 1 aliphatic heterocycles. The van der Waals surface area contributed by atoms with Gasteiger partial charge in [0, 0.05) is 13.0 Å². The van der Waals surface area contributed by atoms with E-state index in [1.54, 1.807) is 0 Å². The highest BCUT2D eigenvalue weighted by atomic mass is 16.3. The third-order valence-corrected chi connectivity index (χ3v) is 3.90. The molecule has 0 bridgehead atoms. The van der Waals surface area contributed by atoms with E-state index in [0.717, 1.165) is 42.7 Å². The van der Waals surface area contributed by atoms with Crippen LogP contribution in [0.3, 0.4) is 0 Å². The summed E-state index contributed by atoms with van der Waals surface area (Å²) < 4.78 is 7.87. The van der Waals surface area contributed by atoms with E-state index in [-0.39, 0.29) is 6.04 Å². The molecule has 1 aliphatic rings. The Balaban J connectivity index is 1.68. The van der Waals surface area contributed by atoms with Crippen LogP contribution in [0.4, 0.5) is 0 Å². The van der Waals surface area contributed by atoms with Gasteiger partial charge in [0.1, 0.15) is 23.2 Å². The van der Waals surface area contributed by atoms with Gasteiger partial charge in [-0.2, -0.15) is 0 Å². The van der Waals surface area contributed by atoms with E-state index in [4.69, 9.17) is 4.42 Å². The fourth-order valence-electron chi connectivity index (χ4n) is 2.75. The predicted octanol–water partition coefficient (Wildman–Crippen LogP) is 2.76. The van der Waals surface area contributed by atoms with E-state index in [9.17, 15) is 0 Å². The van der Waals surface area contributed by atoms with Gasteiger partial charge in [-0.05, 0) is 38.8 Å². The predicted molar refractivity (Wildman–Crippen MR) is 76.3 cm³/mol. The SMILES string of the molecule is Cc1ccc(CNC(C)c2nnc3n2CCCCC3)o1. The van der Waals surface area contributed by atoms with Gasteiger partial charge in [-0.3, -0.25) is 0 Å². The number of aromatic nitrogens is 3. The van der Waals surface area contributed by atoms with Crippen LogP contribution in [0, 0.1) is 6.92 Å². The van der Waals surface area contributed by atoms with Crippen molar-refractivity contribution in [1.29, 1.82) is 0 Å². The third kappa shape index (κ3) is 2.77. The highest BCUT2D eigenvalue weighted by Gasteiger charge is 2.19. The molecule has 5 heteroatoms. The van der Waals surface area contributed by atoms with Gasteiger partial charge in [-0.25, -0.2) is 0 Å². The Hall–Kier alpha value is -1.62. The second-order valence-electron chi connectivity index (χ2n) is 5.55. The number of fused-ring (bicyclic) bond motifs is 1. The molecule has 0 saturated heterocycles. The number of furan rings is 1. The second-order valence-corrected chi connectivity index (χ2v) is 5.55. The highest BCUT2D eigenvalue weighted by Crippen LogP contribution is 2.19. The number of hydrogen-bond donors (Lipinski definition) is 1. The van der Waals surface area contributed by atoms with Gasteiger partial charge in [0.15, 0.2) is 0 Å². The van der Waals surface area contributed by atoms with Gasteiger partial charge in [0.2, 0.25) is 0 Å². The molecule has 20 heavy (non-hydrogen) atoms. The average Bonchev–Trinajstić information content (AvgIpc) is 2.96. The minimum Gasteiger partial charge on any atom is -0.465 e. The summed E-state index contributed by atoms with van der Waals surface area (Å²) in [5, 5.41) is 12.2. The van der Waals surface area contributed by atoms with Crippen LogP contribution in [0.5, 0.6) is 0 Å². The molecular weight excluding hydrogens is 252 g/mol. The molecular formula is C15H22N4O. The summed E-state index contributed by atoms with van der Waals surface area (Å²) in [5.41, 5.74) is 0. The normalized spacial score (nSPS) is 16.7. The van der Waals surface area contributed by atoms with Gasteiger partial charge >= 0.3 is 0 Å². The molecule has 3 heterocycles. The molecule has 1 N–H and O–H groups in total. The Bertz CT molecular complexity index is 572. The van der Waals surface area contributed by atoms with Crippen molar-refractivity contribution in [1.82, 2.24) is 20.1 Å². The number of nitrogens with zero attached hydrogens (tertiary/aromatic N) is 3. The second kappa shape index (κ2) is 5.79. The summed E-state index contributed by atoms with van der Waals surface area (Å²) in [7, 11) is 0. The summed E-state index contributed by atoms with van der Waals surface area (Å²) in [4.78, 5) is 0.